The van der Waals surface area contributed by atoms with Crippen LogP contribution < -0.4 is 20.1 Å². The van der Waals surface area contributed by atoms with Crippen LogP contribution in [0.25, 0.3) is 10.8 Å². The summed E-state index contributed by atoms with van der Waals surface area (Å²) in [6.45, 7) is 0. The molecule has 3 aromatic rings. The molecule has 3 aromatic carbocycles. The van der Waals surface area contributed by atoms with Crippen molar-refractivity contribution >= 4 is 44.0 Å². The molecule has 4 rings (SSSR count). The molecule has 0 atom stereocenters. The molecule has 3 N–H and O–H groups in total. The molecule has 1 aliphatic heterocycles. The van der Waals surface area contributed by atoms with Gasteiger partial charge in [0.05, 0.1) is 23.4 Å². The number of carbonyl (C=O) groups excluding carboxylic acids is 2. The highest BCUT2D eigenvalue weighted by Gasteiger charge is 2.30. The number of rotatable bonds is 5. The topological polar surface area (TPSA) is 119 Å². The van der Waals surface area contributed by atoms with Crippen LogP contribution in [0.3, 0.4) is 0 Å². The minimum Gasteiger partial charge on any atom is -0.495 e. The number of carbonyl (C=O) groups is 2. The van der Waals surface area contributed by atoms with E-state index in [0.29, 0.717) is 22.0 Å². The molecule has 0 spiro atoms. The van der Waals surface area contributed by atoms with Gasteiger partial charge in [-0.2, -0.15) is 0 Å². The van der Waals surface area contributed by atoms with E-state index in [-0.39, 0.29) is 27.8 Å². The zero-order chi connectivity index (χ0) is 20.9. The lowest BCUT2D eigenvalue weighted by Gasteiger charge is -2.15. The van der Waals surface area contributed by atoms with Crippen LogP contribution in [0.15, 0.2) is 53.4 Å². The maximum atomic E-state index is 13.2. The molecule has 1 heterocycles. The lowest BCUT2D eigenvalue weighted by Crippen LogP contribution is -2.20. The molecule has 0 bridgehead atoms. The van der Waals surface area contributed by atoms with Crippen molar-refractivity contribution in [2.75, 3.05) is 23.8 Å². The smallest absolute Gasteiger partial charge is 0.262 e. The summed E-state index contributed by atoms with van der Waals surface area (Å²) < 4.78 is 34.0. The first-order valence-corrected chi connectivity index (χ1v) is 10.1. The third-order valence-electron chi connectivity index (χ3n) is 4.89. The molecule has 0 radical (unpaired) electrons. The molecule has 0 saturated heterocycles. The number of hydrogen-bond donors (Lipinski definition) is 2. The van der Waals surface area contributed by atoms with E-state index in [2.05, 4.69) is 4.72 Å². The number of sulfonamides is 1. The number of methoxy groups -OCH3 is 1. The molecule has 9 heteroatoms. The van der Waals surface area contributed by atoms with E-state index in [9.17, 15) is 18.0 Å². The number of nitrogens with one attached hydrogen (secondary N) is 1. The fraction of sp³-hybridized carbons (Fsp3) is 0.100. The average molecular weight is 411 g/mol. The van der Waals surface area contributed by atoms with Crippen molar-refractivity contribution in [3.63, 3.8) is 0 Å². The summed E-state index contributed by atoms with van der Waals surface area (Å²) in [5.41, 5.74) is 6.61. The Balaban J connectivity index is 1.87. The van der Waals surface area contributed by atoms with Gasteiger partial charge in [-0.3, -0.25) is 14.3 Å². The second kappa shape index (κ2) is 6.49. The first kappa shape index (κ1) is 18.8. The summed E-state index contributed by atoms with van der Waals surface area (Å²) in [5, 5.41) is 1.01. The Morgan fingerprint density at radius 2 is 1.90 bits per heavy atom. The normalized spacial score (nSPS) is 13.0. The maximum absolute atomic E-state index is 13.2. The van der Waals surface area contributed by atoms with Crippen LogP contribution in [0.4, 0.5) is 11.4 Å². The van der Waals surface area contributed by atoms with Crippen LogP contribution in [-0.4, -0.2) is 34.4 Å². The van der Waals surface area contributed by atoms with Crippen molar-refractivity contribution in [1.82, 2.24) is 0 Å². The van der Waals surface area contributed by atoms with Crippen LogP contribution in [0, 0.1) is 0 Å². The van der Waals surface area contributed by atoms with Gasteiger partial charge >= 0.3 is 0 Å². The highest BCUT2D eigenvalue weighted by Crippen LogP contribution is 2.40. The van der Waals surface area contributed by atoms with Crippen molar-refractivity contribution in [2.24, 2.45) is 5.73 Å². The molecule has 29 heavy (non-hydrogen) atoms. The summed E-state index contributed by atoms with van der Waals surface area (Å²) >= 11 is 0. The standard InChI is InChI=1S/C20H17N3O5S/c1-23-15-7-9-17(12-4-3-5-13(18(12)15)20(23)25)29(26,27)22-14-10-11(19(21)24)6-8-16(14)28-2/h3-10,22H,1-2H3,(H2,21,24). The summed E-state index contributed by atoms with van der Waals surface area (Å²) in [6.07, 6.45) is 0. The van der Waals surface area contributed by atoms with E-state index in [1.165, 1.54) is 36.3 Å². The fourth-order valence-corrected chi connectivity index (χ4v) is 4.75. The van der Waals surface area contributed by atoms with Crippen molar-refractivity contribution < 1.29 is 22.7 Å². The first-order chi connectivity index (χ1) is 13.7. The number of hydrogen-bond acceptors (Lipinski definition) is 5. The minimum absolute atomic E-state index is 0.00716. The molecule has 8 nitrogen and oxygen atoms in total. The van der Waals surface area contributed by atoms with E-state index in [1.54, 1.807) is 31.3 Å². The highest BCUT2D eigenvalue weighted by molar-refractivity contribution is 7.93. The Hall–Kier alpha value is -3.59. The number of benzene rings is 3. The number of nitrogens with two attached hydrogens (primary N) is 1. The van der Waals surface area contributed by atoms with Crippen LogP contribution in [-0.2, 0) is 10.0 Å². The Morgan fingerprint density at radius 1 is 1.14 bits per heavy atom. The third-order valence-corrected chi connectivity index (χ3v) is 6.32. The minimum atomic E-state index is -4.07. The molecule has 0 aromatic heterocycles. The van der Waals surface area contributed by atoms with Gasteiger partial charge in [-0.15, -0.1) is 0 Å². The van der Waals surface area contributed by atoms with Crippen molar-refractivity contribution in [3.05, 3.63) is 59.7 Å². The Kier molecular flexibility index (Phi) is 4.20. The number of amides is 2. The summed E-state index contributed by atoms with van der Waals surface area (Å²) in [4.78, 5) is 25.4. The van der Waals surface area contributed by atoms with Crippen LogP contribution in [0.1, 0.15) is 20.7 Å². The van der Waals surface area contributed by atoms with E-state index in [1.807, 2.05) is 0 Å². The van der Waals surface area contributed by atoms with Gasteiger partial charge in [0, 0.05) is 28.9 Å². The lowest BCUT2D eigenvalue weighted by molar-refractivity contribution is 0.0991. The maximum Gasteiger partial charge on any atom is 0.262 e. The molecule has 0 unspecified atom stereocenters. The second-order valence-electron chi connectivity index (χ2n) is 6.56. The molecule has 2 amide bonds. The monoisotopic (exact) mass is 411 g/mol. The Labute approximate surface area is 166 Å². The van der Waals surface area contributed by atoms with Gasteiger partial charge in [-0.1, -0.05) is 12.1 Å². The predicted molar refractivity (Wildman–Crippen MR) is 109 cm³/mol. The van der Waals surface area contributed by atoms with Crippen LogP contribution in [0.5, 0.6) is 5.75 Å². The van der Waals surface area contributed by atoms with E-state index >= 15 is 0 Å². The number of primary amides is 1. The van der Waals surface area contributed by atoms with Crippen LogP contribution in [0.2, 0.25) is 0 Å². The lowest BCUT2D eigenvalue weighted by atomic mass is 10.1. The molecular formula is C20H17N3O5S. The first-order valence-electron chi connectivity index (χ1n) is 8.59. The zero-order valence-corrected chi connectivity index (χ0v) is 16.4. The van der Waals surface area contributed by atoms with Crippen molar-refractivity contribution in [1.29, 1.82) is 0 Å². The Bertz CT molecular complexity index is 1300. The summed E-state index contributed by atoms with van der Waals surface area (Å²) in [6, 6.07) is 12.2. The zero-order valence-electron chi connectivity index (χ0n) is 15.6. The third kappa shape index (κ3) is 2.87. The Morgan fingerprint density at radius 3 is 2.59 bits per heavy atom. The molecule has 0 aliphatic carbocycles. The summed E-state index contributed by atoms with van der Waals surface area (Å²) in [5.74, 6) is -0.650. The van der Waals surface area contributed by atoms with Gasteiger partial charge in [0.1, 0.15) is 5.75 Å². The molecule has 0 saturated carbocycles. The van der Waals surface area contributed by atoms with Gasteiger partial charge in [-0.25, -0.2) is 8.42 Å². The van der Waals surface area contributed by atoms with Crippen molar-refractivity contribution in [3.8, 4) is 5.75 Å². The quantitative estimate of drug-likeness (QED) is 0.668. The van der Waals surface area contributed by atoms with Gasteiger partial charge in [0.25, 0.3) is 15.9 Å². The fourth-order valence-electron chi connectivity index (χ4n) is 3.48. The van der Waals surface area contributed by atoms with Crippen molar-refractivity contribution in [2.45, 2.75) is 4.90 Å². The van der Waals surface area contributed by atoms with Gasteiger partial charge in [0.2, 0.25) is 5.91 Å². The van der Waals surface area contributed by atoms with E-state index in [0.717, 1.165) is 0 Å². The molecule has 1 aliphatic rings. The van der Waals surface area contributed by atoms with Gasteiger partial charge in [0.15, 0.2) is 0 Å². The van der Waals surface area contributed by atoms with Gasteiger partial charge < -0.3 is 15.4 Å². The second-order valence-corrected chi connectivity index (χ2v) is 8.21. The van der Waals surface area contributed by atoms with Crippen LogP contribution >= 0.6 is 0 Å². The molecular weight excluding hydrogens is 394 g/mol. The van der Waals surface area contributed by atoms with E-state index < -0.39 is 15.9 Å². The number of nitrogens with zero attached hydrogens (tertiary/aromatic N) is 1. The SMILES string of the molecule is COc1ccc(C(N)=O)cc1NS(=O)(=O)c1ccc2c3c(cccc13)C(=O)N2C. The predicted octanol–water partition coefficient (Wildman–Crippen LogP) is 2.34. The van der Waals surface area contributed by atoms with E-state index in [4.69, 9.17) is 10.5 Å². The highest BCUT2D eigenvalue weighted by atomic mass is 32.2. The molecule has 0 fully saturated rings. The average Bonchev–Trinajstić information content (AvgIpc) is 2.94. The summed E-state index contributed by atoms with van der Waals surface area (Å²) in [7, 11) is -1.04. The number of anilines is 2. The van der Waals surface area contributed by atoms with Gasteiger partial charge in [-0.05, 0) is 36.4 Å². The largest absolute Gasteiger partial charge is 0.495 e. The molecule has 148 valence electrons. The number of ether oxygens (including phenoxy) is 1.